The molecule has 1 rings (SSSR count). The molecule has 0 saturated carbocycles. The Labute approximate surface area is 85.2 Å². The van der Waals surface area contributed by atoms with Gasteiger partial charge in [0, 0.05) is 13.1 Å². The van der Waals surface area contributed by atoms with Crippen molar-refractivity contribution >= 4 is 17.5 Å². The Kier molecular flexibility index (Phi) is 4.57. The average Bonchev–Trinajstić information content (AvgIpc) is 2.41. The molecule has 2 nitrogen and oxygen atoms in total. The minimum Gasteiger partial charge on any atom is -0.342 e. The lowest BCUT2D eigenvalue weighted by atomic mass is 9.98. The Morgan fingerprint density at radius 3 is 2.85 bits per heavy atom. The molecular formula is C10H18ClNO. The standard InChI is InChI=1S/C10H18ClNO/c1-2-9-4-3-6-12(7-5-9)10(13)8-11/h9H,2-8H2,1H3. The third kappa shape index (κ3) is 3.18. The van der Waals surface area contributed by atoms with Gasteiger partial charge in [-0.2, -0.15) is 0 Å². The van der Waals surface area contributed by atoms with Gasteiger partial charge in [-0.15, -0.1) is 11.6 Å². The average molecular weight is 204 g/mol. The highest BCUT2D eigenvalue weighted by molar-refractivity contribution is 6.27. The van der Waals surface area contributed by atoms with Gasteiger partial charge in [-0.05, 0) is 25.2 Å². The lowest BCUT2D eigenvalue weighted by Crippen LogP contribution is -2.32. The maximum absolute atomic E-state index is 11.3. The number of carbonyl (C=O) groups excluding carboxylic acids is 1. The van der Waals surface area contributed by atoms with Gasteiger partial charge in [0.15, 0.2) is 0 Å². The van der Waals surface area contributed by atoms with Crippen LogP contribution in [-0.4, -0.2) is 29.8 Å². The van der Waals surface area contributed by atoms with Crippen LogP contribution in [0.25, 0.3) is 0 Å². The maximum atomic E-state index is 11.3. The minimum absolute atomic E-state index is 0.0958. The number of hydrogen-bond donors (Lipinski definition) is 0. The van der Waals surface area contributed by atoms with Crippen LogP contribution in [0, 0.1) is 5.92 Å². The molecule has 0 spiro atoms. The van der Waals surface area contributed by atoms with Crippen LogP contribution in [0.15, 0.2) is 0 Å². The zero-order valence-electron chi connectivity index (χ0n) is 8.26. The summed E-state index contributed by atoms with van der Waals surface area (Å²) in [4.78, 5) is 13.2. The van der Waals surface area contributed by atoms with Crippen LogP contribution < -0.4 is 0 Å². The summed E-state index contributed by atoms with van der Waals surface area (Å²) >= 11 is 5.52. The summed E-state index contributed by atoms with van der Waals surface area (Å²) in [7, 11) is 0. The molecule has 0 radical (unpaired) electrons. The van der Waals surface area contributed by atoms with Crippen LogP contribution in [-0.2, 0) is 4.79 Å². The predicted molar refractivity (Wildman–Crippen MR) is 54.9 cm³/mol. The van der Waals surface area contributed by atoms with Gasteiger partial charge in [-0.3, -0.25) is 4.79 Å². The summed E-state index contributed by atoms with van der Waals surface area (Å²) < 4.78 is 0. The molecule has 0 aliphatic carbocycles. The third-order valence-electron chi connectivity index (χ3n) is 2.89. The van der Waals surface area contributed by atoms with Crippen LogP contribution in [0.5, 0.6) is 0 Å². The molecule has 0 aromatic rings. The molecule has 0 N–H and O–H groups in total. The van der Waals surface area contributed by atoms with E-state index in [1.165, 1.54) is 12.8 Å². The lowest BCUT2D eigenvalue weighted by molar-refractivity contribution is -0.128. The van der Waals surface area contributed by atoms with Crippen LogP contribution in [0.4, 0.5) is 0 Å². The van der Waals surface area contributed by atoms with Gasteiger partial charge < -0.3 is 4.90 Å². The van der Waals surface area contributed by atoms with Crippen molar-refractivity contribution in [3.05, 3.63) is 0 Å². The molecule has 1 amide bonds. The third-order valence-corrected chi connectivity index (χ3v) is 3.12. The topological polar surface area (TPSA) is 20.3 Å². The summed E-state index contributed by atoms with van der Waals surface area (Å²) in [5, 5.41) is 0. The fourth-order valence-corrected chi connectivity index (χ4v) is 2.08. The molecule has 1 aliphatic rings. The SMILES string of the molecule is CCC1CCCN(C(=O)CCl)CC1. The first kappa shape index (κ1) is 10.8. The summed E-state index contributed by atoms with van der Waals surface area (Å²) in [5.74, 6) is 1.04. The Morgan fingerprint density at radius 1 is 1.46 bits per heavy atom. The van der Waals surface area contributed by atoms with E-state index in [1.54, 1.807) is 0 Å². The van der Waals surface area contributed by atoms with E-state index in [9.17, 15) is 4.79 Å². The normalized spacial score (nSPS) is 24.2. The van der Waals surface area contributed by atoms with Crippen molar-refractivity contribution in [3.63, 3.8) is 0 Å². The summed E-state index contributed by atoms with van der Waals surface area (Å²) in [6.07, 6.45) is 4.80. The molecular weight excluding hydrogens is 186 g/mol. The lowest BCUT2D eigenvalue weighted by Gasteiger charge is -2.19. The fraction of sp³-hybridized carbons (Fsp3) is 0.900. The fourth-order valence-electron chi connectivity index (χ4n) is 1.91. The molecule has 0 aromatic heterocycles. The van der Waals surface area contributed by atoms with Crippen molar-refractivity contribution < 1.29 is 4.79 Å². The highest BCUT2D eigenvalue weighted by Crippen LogP contribution is 2.20. The Bertz CT molecular complexity index is 172. The molecule has 1 saturated heterocycles. The van der Waals surface area contributed by atoms with Crippen LogP contribution in [0.1, 0.15) is 32.6 Å². The second-order valence-electron chi connectivity index (χ2n) is 3.72. The number of alkyl halides is 1. The Hall–Kier alpha value is -0.240. The molecule has 76 valence electrons. The van der Waals surface area contributed by atoms with Crippen molar-refractivity contribution in [2.45, 2.75) is 32.6 Å². The number of amides is 1. The van der Waals surface area contributed by atoms with Crippen LogP contribution in [0.2, 0.25) is 0 Å². The molecule has 0 aromatic carbocycles. The van der Waals surface area contributed by atoms with E-state index in [2.05, 4.69) is 6.92 Å². The molecule has 1 fully saturated rings. The first-order valence-corrected chi connectivity index (χ1v) is 5.65. The van der Waals surface area contributed by atoms with Gasteiger partial charge >= 0.3 is 0 Å². The number of halogens is 1. The maximum Gasteiger partial charge on any atom is 0.237 e. The smallest absolute Gasteiger partial charge is 0.237 e. The molecule has 3 heteroatoms. The van der Waals surface area contributed by atoms with E-state index in [1.807, 2.05) is 4.90 Å². The second kappa shape index (κ2) is 5.48. The summed E-state index contributed by atoms with van der Waals surface area (Å²) in [5.41, 5.74) is 0. The number of rotatable bonds is 2. The zero-order chi connectivity index (χ0) is 9.68. The van der Waals surface area contributed by atoms with Crippen LogP contribution in [0.3, 0.4) is 0 Å². The molecule has 1 heterocycles. The highest BCUT2D eigenvalue weighted by atomic mass is 35.5. The first-order valence-electron chi connectivity index (χ1n) is 5.11. The van der Waals surface area contributed by atoms with E-state index in [-0.39, 0.29) is 11.8 Å². The highest BCUT2D eigenvalue weighted by Gasteiger charge is 2.18. The minimum atomic E-state index is 0.0958. The van der Waals surface area contributed by atoms with Gasteiger partial charge in [-0.1, -0.05) is 13.3 Å². The number of carbonyl (C=O) groups is 1. The van der Waals surface area contributed by atoms with Crippen molar-refractivity contribution in [2.24, 2.45) is 5.92 Å². The van der Waals surface area contributed by atoms with Gasteiger partial charge in [0.05, 0.1) is 0 Å². The van der Waals surface area contributed by atoms with E-state index >= 15 is 0 Å². The van der Waals surface area contributed by atoms with Crippen molar-refractivity contribution in [1.82, 2.24) is 4.90 Å². The van der Waals surface area contributed by atoms with Gasteiger partial charge in [-0.25, -0.2) is 0 Å². The van der Waals surface area contributed by atoms with E-state index in [0.717, 1.165) is 31.8 Å². The van der Waals surface area contributed by atoms with E-state index in [4.69, 9.17) is 11.6 Å². The van der Waals surface area contributed by atoms with E-state index in [0.29, 0.717) is 0 Å². The number of hydrogen-bond acceptors (Lipinski definition) is 1. The molecule has 13 heavy (non-hydrogen) atoms. The molecule has 1 atom stereocenters. The van der Waals surface area contributed by atoms with Crippen LogP contribution >= 0.6 is 11.6 Å². The summed E-state index contributed by atoms with van der Waals surface area (Å²) in [6.45, 7) is 4.04. The number of nitrogens with zero attached hydrogens (tertiary/aromatic N) is 1. The number of likely N-dealkylation sites (tertiary alicyclic amines) is 1. The first-order chi connectivity index (χ1) is 6.27. The Balaban J connectivity index is 2.40. The molecule has 1 aliphatic heterocycles. The van der Waals surface area contributed by atoms with E-state index < -0.39 is 0 Å². The van der Waals surface area contributed by atoms with Crippen molar-refractivity contribution in [3.8, 4) is 0 Å². The second-order valence-corrected chi connectivity index (χ2v) is 3.99. The van der Waals surface area contributed by atoms with Crippen molar-refractivity contribution in [1.29, 1.82) is 0 Å². The van der Waals surface area contributed by atoms with Crippen molar-refractivity contribution in [2.75, 3.05) is 19.0 Å². The quantitative estimate of drug-likeness (QED) is 0.631. The largest absolute Gasteiger partial charge is 0.342 e. The van der Waals surface area contributed by atoms with Gasteiger partial charge in [0.25, 0.3) is 0 Å². The predicted octanol–water partition coefficient (Wildman–Crippen LogP) is 2.26. The van der Waals surface area contributed by atoms with Gasteiger partial charge in [0.2, 0.25) is 5.91 Å². The summed E-state index contributed by atoms with van der Waals surface area (Å²) in [6, 6.07) is 0. The zero-order valence-corrected chi connectivity index (χ0v) is 9.02. The van der Waals surface area contributed by atoms with Gasteiger partial charge in [0.1, 0.15) is 5.88 Å². The Morgan fingerprint density at radius 2 is 2.23 bits per heavy atom. The molecule has 0 bridgehead atoms. The monoisotopic (exact) mass is 203 g/mol. The molecule has 1 unspecified atom stereocenters.